The second kappa shape index (κ2) is 9.56. The van der Waals surface area contributed by atoms with Gasteiger partial charge in [0, 0.05) is 58.1 Å². The molecule has 2 heterocycles. The molecule has 0 aromatic heterocycles. The van der Waals surface area contributed by atoms with Gasteiger partial charge in [-0.05, 0) is 44.0 Å². The highest BCUT2D eigenvalue weighted by molar-refractivity contribution is 5.48. The van der Waals surface area contributed by atoms with Crippen LogP contribution in [0, 0.1) is 0 Å². The van der Waals surface area contributed by atoms with Crippen molar-refractivity contribution < 1.29 is 4.74 Å². The van der Waals surface area contributed by atoms with E-state index in [1.54, 1.807) is 0 Å². The predicted molar refractivity (Wildman–Crippen MR) is 105 cm³/mol. The Balaban J connectivity index is 1.42. The van der Waals surface area contributed by atoms with Gasteiger partial charge in [0.05, 0.1) is 6.10 Å². The molecular weight excluding hydrogens is 310 g/mol. The van der Waals surface area contributed by atoms with Crippen LogP contribution in [0.5, 0.6) is 0 Å². The first kappa shape index (κ1) is 18.7. The quantitative estimate of drug-likeness (QED) is 0.706. The van der Waals surface area contributed by atoms with Gasteiger partial charge in [0.25, 0.3) is 0 Å². The molecule has 0 aliphatic carbocycles. The number of rotatable bonds is 7. The maximum Gasteiger partial charge on any atom is 0.0599 e. The summed E-state index contributed by atoms with van der Waals surface area (Å²) in [6.45, 7) is 11.2. The first-order valence-corrected chi connectivity index (χ1v) is 10.1. The van der Waals surface area contributed by atoms with Crippen LogP contribution in [0.1, 0.15) is 38.2 Å². The molecule has 4 nitrogen and oxygen atoms in total. The summed E-state index contributed by atoms with van der Waals surface area (Å²) >= 11 is 0. The number of likely N-dealkylation sites (N-methyl/N-ethyl adjacent to an activating group) is 1. The average Bonchev–Trinajstić information content (AvgIpc) is 2.65. The third-order valence-electron chi connectivity index (χ3n) is 5.60. The molecule has 0 bridgehead atoms. The van der Waals surface area contributed by atoms with E-state index in [2.05, 4.69) is 52.9 Å². The lowest BCUT2D eigenvalue weighted by atomic mass is 10.1. The van der Waals surface area contributed by atoms with Crippen LogP contribution in [0.15, 0.2) is 24.3 Å². The lowest BCUT2D eigenvalue weighted by molar-refractivity contribution is 0.00476. The van der Waals surface area contributed by atoms with Crippen molar-refractivity contribution in [2.24, 2.45) is 0 Å². The first-order valence-electron chi connectivity index (χ1n) is 10.1. The number of piperazine rings is 1. The molecule has 1 aromatic carbocycles. The average molecular weight is 346 g/mol. The number of unbranched alkanes of at least 4 members (excludes halogenated alkanes) is 1. The van der Waals surface area contributed by atoms with E-state index in [4.69, 9.17) is 4.74 Å². The summed E-state index contributed by atoms with van der Waals surface area (Å²) in [4.78, 5) is 7.48. The molecule has 3 rings (SSSR count). The van der Waals surface area contributed by atoms with Crippen LogP contribution in [0.2, 0.25) is 0 Å². The molecule has 2 fully saturated rings. The fourth-order valence-electron chi connectivity index (χ4n) is 3.76. The Bertz CT molecular complexity index is 488. The van der Waals surface area contributed by atoms with Gasteiger partial charge in [0.1, 0.15) is 0 Å². The fraction of sp³-hybridized carbons (Fsp3) is 0.714. The zero-order valence-electron chi connectivity index (χ0n) is 16.1. The number of anilines is 1. The van der Waals surface area contributed by atoms with Crippen molar-refractivity contribution in [2.75, 3.05) is 57.8 Å². The minimum Gasteiger partial charge on any atom is -0.378 e. The zero-order chi connectivity index (χ0) is 17.5. The second-order valence-corrected chi connectivity index (χ2v) is 7.66. The molecule has 4 heteroatoms. The van der Waals surface area contributed by atoms with Gasteiger partial charge in [-0.3, -0.25) is 4.90 Å². The number of likely N-dealkylation sites (tertiary alicyclic amines) is 1. The Kier molecular flexibility index (Phi) is 7.14. The topological polar surface area (TPSA) is 19.0 Å². The highest BCUT2D eigenvalue weighted by atomic mass is 16.5. The van der Waals surface area contributed by atoms with Gasteiger partial charge in [-0.25, -0.2) is 0 Å². The maximum absolute atomic E-state index is 5.98. The summed E-state index contributed by atoms with van der Waals surface area (Å²) < 4.78 is 5.98. The minimum atomic E-state index is 0.488. The van der Waals surface area contributed by atoms with Crippen LogP contribution < -0.4 is 4.90 Å². The van der Waals surface area contributed by atoms with E-state index < -0.39 is 0 Å². The Morgan fingerprint density at radius 1 is 0.960 bits per heavy atom. The molecule has 2 aliphatic heterocycles. The number of benzene rings is 1. The molecule has 2 saturated heterocycles. The SMILES string of the molecule is CCCCOC1CCN(Cc2ccc(N3CCN(C)CC3)cc2)CC1. The minimum absolute atomic E-state index is 0.488. The Hall–Kier alpha value is -1.10. The van der Waals surface area contributed by atoms with Gasteiger partial charge < -0.3 is 14.5 Å². The van der Waals surface area contributed by atoms with Crippen molar-refractivity contribution in [2.45, 2.75) is 45.3 Å². The summed E-state index contributed by atoms with van der Waals surface area (Å²) in [6, 6.07) is 9.25. The van der Waals surface area contributed by atoms with Crippen molar-refractivity contribution >= 4 is 5.69 Å². The van der Waals surface area contributed by atoms with E-state index in [0.717, 1.165) is 52.4 Å². The largest absolute Gasteiger partial charge is 0.378 e. The molecule has 0 radical (unpaired) electrons. The fourth-order valence-corrected chi connectivity index (χ4v) is 3.76. The van der Waals surface area contributed by atoms with Crippen molar-refractivity contribution in [1.82, 2.24) is 9.80 Å². The molecular formula is C21H35N3O. The van der Waals surface area contributed by atoms with E-state index in [9.17, 15) is 0 Å². The maximum atomic E-state index is 5.98. The van der Waals surface area contributed by atoms with Crippen LogP contribution in [-0.2, 0) is 11.3 Å². The molecule has 1 aromatic rings. The molecule has 0 spiro atoms. The van der Waals surface area contributed by atoms with E-state index >= 15 is 0 Å². The molecule has 140 valence electrons. The molecule has 0 amide bonds. The molecule has 2 aliphatic rings. The van der Waals surface area contributed by atoms with Gasteiger partial charge in [-0.2, -0.15) is 0 Å². The van der Waals surface area contributed by atoms with Crippen LogP contribution in [0.4, 0.5) is 5.69 Å². The summed E-state index contributed by atoms with van der Waals surface area (Å²) in [5.74, 6) is 0. The monoisotopic (exact) mass is 345 g/mol. The smallest absolute Gasteiger partial charge is 0.0599 e. The Morgan fingerprint density at radius 2 is 1.64 bits per heavy atom. The van der Waals surface area contributed by atoms with Gasteiger partial charge in [-0.1, -0.05) is 25.5 Å². The highest BCUT2D eigenvalue weighted by Crippen LogP contribution is 2.20. The third kappa shape index (κ3) is 5.70. The van der Waals surface area contributed by atoms with Crippen LogP contribution in [-0.4, -0.2) is 68.8 Å². The van der Waals surface area contributed by atoms with Gasteiger partial charge in [-0.15, -0.1) is 0 Å². The normalized spacial score (nSPS) is 21.0. The molecule has 0 saturated carbocycles. The predicted octanol–water partition coefficient (Wildman–Crippen LogP) is 3.22. The molecule has 0 atom stereocenters. The molecule has 0 unspecified atom stereocenters. The number of hydrogen-bond acceptors (Lipinski definition) is 4. The summed E-state index contributed by atoms with van der Waals surface area (Å²) in [5.41, 5.74) is 2.81. The summed E-state index contributed by atoms with van der Waals surface area (Å²) in [5, 5.41) is 0. The Labute approximate surface area is 153 Å². The van der Waals surface area contributed by atoms with Gasteiger partial charge in [0.15, 0.2) is 0 Å². The zero-order valence-corrected chi connectivity index (χ0v) is 16.1. The van der Waals surface area contributed by atoms with E-state index in [-0.39, 0.29) is 0 Å². The lowest BCUT2D eigenvalue weighted by Crippen LogP contribution is -2.44. The van der Waals surface area contributed by atoms with E-state index in [1.807, 2.05) is 0 Å². The number of piperidine rings is 1. The number of nitrogens with zero attached hydrogens (tertiary/aromatic N) is 3. The van der Waals surface area contributed by atoms with Crippen LogP contribution in [0.3, 0.4) is 0 Å². The van der Waals surface area contributed by atoms with Gasteiger partial charge >= 0.3 is 0 Å². The van der Waals surface area contributed by atoms with Crippen LogP contribution in [0.25, 0.3) is 0 Å². The van der Waals surface area contributed by atoms with Crippen molar-refractivity contribution in [1.29, 1.82) is 0 Å². The van der Waals surface area contributed by atoms with Crippen molar-refractivity contribution in [3.63, 3.8) is 0 Å². The van der Waals surface area contributed by atoms with Crippen molar-refractivity contribution in [3.8, 4) is 0 Å². The second-order valence-electron chi connectivity index (χ2n) is 7.66. The molecule has 0 N–H and O–H groups in total. The van der Waals surface area contributed by atoms with E-state index in [0.29, 0.717) is 6.10 Å². The summed E-state index contributed by atoms with van der Waals surface area (Å²) in [7, 11) is 2.21. The lowest BCUT2D eigenvalue weighted by Gasteiger charge is -2.34. The molecule has 25 heavy (non-hydrogen) atoms. The number of ether oxygens (including phenoxy) is 1. The van der Waals surface area contributed by atoms with Gasteiger partial charge in [0.2, 0.25) is 0 Å². The third-order valence-corrected chi connectivity index (χ3v) is 5.60. The Morgan fingerprint density at radius 3 is 2.28 bits per heavy atom. The van der Waals surface area contributed by atoms with Crippen molar-refractivity contribution in [3.05, 3.63) is 29.8 Å². The summed E-state index contributed by atoms with van der Waals surface area (Å²) in [6.07, 6.45) is 5.28. The van der Waals surface area contributed by atoms with Crippen LogP contribution >= 0.6 is 0 Å². The highest BCUT2D eigenvalue weighted by Gasteiger charge is 2.20. The van der Waals surface area contributed by atoms with E-state index in [1.165, 1.54) is 36.9 Å². The number of hydrogen-bond donors (Lipinski definition) is 0. The first-order chi connectivity index (χ1) is 12.2. The standard InChI is InChI=1S/C21H35N3O/c1-3-4-17-25-21-9-11-23(12-10-21)18-19-5-7-20(8-6-19)24-15-13-22(2)14-16-24/h5-8,21H,3-4,9-18H2,1-2H3.